The summed E-state index contributed by atoms with van der Waals surface area (Å²) < 4.78 is 63.3. The standard InChI is InChI=1S/C24H35N5O2Si.2C22H37N5O4Si.C17H19N5O3.C7H8/c1-7-18-19(31-32(5,6)24(2,3)4)13-20(30-18)29-16-28-21-22(26-15-27-23(21)29)25-14-17-11-9-8-10-12-17;2*1-10-14-15(31-32(8,9)22(5,6)7)11-16(29-14)27-13-25-17-18(23-12-24-19(17)27)26-20(28)30-21(2,3)4;23-8-13-12(24)6-14(25-13)22-10-21-15-16(19-9-20-17(15)22)18-7-11-4-2-1-3-5-11;1-7-5-3-2-4-6-7/h8-12,15-16,18-20H,7,13-14H2,1-6H3,(H,25,26,27);2*12-16H,10-11H2,1-9H3,(H,23,24,26,28);1-5,9-10,12-14,23-24H,6-8H2,(H,18,19,20);2-6H,1H3/t18-,19?,20-;2*14-,15?,16-;12?,13-,14-;/m1111./s1. The first kappa shape index (κ1) is 98.9. The zero-order valence-corrected chi connectivity index (χ0v) is 82.3. The molecular formula is C92H136N20O13Si3. The number of hydrogen-bond donors (Lipinski definition) is 6. The van der Waals surface area contributed by atoms with Crippen LogP contribution >= 0.6 is 0 Å². The molecule has 4 aliphatic rings. The number of rotatable bonds is 22. The third-order valence-electron chi connectivity index (χ3n) is 24.4. The van der Waals surface area contributed by atoms with Gasteiger partial charge in [-0.2, -0.15) is 0 Å². The van der Waals surface area contributed by atoms with Crippen molar-refractivity contribution in [2.24, 2.45) is 0 Å². The molecule has 4 fully saturated rings. The molecule has 0 bridgehead atoms. The highest BCUT2D eigenvalue weighted by Crippen LogP contribution is 2.47. The first-order chi connectivity index (χ1) is 60.3. The zero-order chi connectivity index (χ0) is 93.1. The molecule has 15 rings (SSSR count). The van der Waals surface area contributed by atoms with Crippen LogP contribution < -0.4 is 21.3 Å². The average molecular weight is 1810 g/mol. The Bertz CT molecular complexity index is 5260. The van der Waals surface area contributed by atoms with Crippen LogP contribution in [0.15, 0.2) is 142 Å². The van der Waals surface area contributed by atoms with Crippen molar-refractivity contribution in [1.82, 2.24) is 78.1 Å². The minimum Gasteiger partial charge on any atom is -0.444 e. The van der Waals surface area contributed by atoms with E-state index < -0.39 is 66.8 Å². The van der Waals surface area contributed by atoms with Crippen LogP contribution in [-0.4, -0.2) is 192 Å². The second kappa shape index (κ2) is 41.6. The molecule has 12 heterocycles. The van der Waals surface area contributed by atoms with Crippen molar-refractivity contribution < 1.29 is 61.5 Å². The molecule has 4 saturated heterocycles. The van der Waals surface area contributed by atoms with Crippen LogP contribution in [0.5, 0.6) is 0 Å². The van der Waals surface area contributed by atoms with E-state index in [0.29, 0.717) is 70.5 Å². The van der Waals surface area contributed by atoms with Crippen molar-refractivity contribution in [2.75, 3.05) is 27.9 Å². The van der Waals surface area contributed by atoms with Gasteiger partial charge in [-0.05, 0) is 133 Å². The molecule has 128 heavy (non-hydrogen) atoms. The largest absolute Gasteiger partial charge is 0.444 e. The molecule has 33 nitrogen and oxygen atoms in total. The minimum atomic E-state index is -1.94. The molecule has 0 spiro atoms. The van der Waals surface area contributed by atoms with Gasteiger partial charge in [-0.25, -0.2) is 69.4 Å². The fraction of sp³-hybridized carbons (Fsp3) is 0.565. The number of carbonyl (C=O) groups excluding carboxylic acids is 2. The van der Waals surface area contributed by atoms with E-state index in [0.717, 1.165) is 61.1 Å². The number of anilines is 4. The predicted octanol–water partition coefficient (Wildman–Crippen LogP) is 19.1. The van der Waals surface area contributed by atoms with Crippen molar-refractivity contribution in [3.63, 3.8) is 0 Å². The number of hydrogen-bond acceptors (Lipinski definition) is 27. The van der Waals surface area contributed by atoms with E-state index in [9.17, 15) is 19.8 Å². The number of aliphatic hydroxyl groups is 2. The van der Waals surface area contributed by atoms with E-state index in [2.05, 4.69) is 235 Å². The molecule has 36 heteroatoms. The van der Waals surface area contributed by atoms with Gasteiger partial charge in [0.1, 0.15) is 67.5 Å². The number of aromatic nitrogens is 16. The third kappa shape index (κ3) is 25.1. The quantitative estimate of drug-likeness (QED) is 0.0343. The summed E-state index contributed by atoms with van der Waals surface area (Å²) in [4.78, 5) is 77.1. The number of fused-ring (bicyclic) bond motifs is 4. The molecule has 6 N–H and O–H groups in total. The summed E-state index contributed by atoms with van der Waals surface area (Å²) in [6.07, 6.45) is 14.7. The summed E-state index contributed by atoms with van der Waals surface area (Å²) in [5.41, 5.74) is 7.41. The number of aryl methyl sites for hydroxylation is 1. The predicted molar refractivity (Wildman–Crippen MR) is 504 cm³/mol. The van der Waals surface area contributed by atoms with Gasteiger partial charge in [0, 0.05) is 38.8 Å². The van der Waals surface area contributed by atoms with Gasteiger partial charge < -0.3 is 62.5 Å². The normalized spacial score (nSPS) is 21.6. The Hall–Kier alpha value is -9.71. The summed E-state index contributed by atoms with van der Waals surface area (Å²) in [5.74, 6) is 1.99. The molecule has 4 unspecified atom stereocenters. The van der Waals surface area contributed by atoms with Crippen LogP contribution in [0.3, 0.4) is 0 Å². The van der Waals surface area contributed by atoms with E-state index in [4.69, 9.17) is 41.7 Å². The average Bonchev–Trinajstić information content (AvgIpc) is 1.64. The Morgan fingerprint density at radius 3 is 0.930 bits per heavy atom. The summed E-state index contributed by atoms with van der Waals surface area (Å²) >= 11 is 0. The number of aliphatic hydroxyl groups excluding tert-OH is 2. The monoisotopic (exact) mass is 1810 g/mol. The maximum Gasteiger partial charge on any atom is 0.413 e. The second-order valence-electron chi connectivity index (χ2n) is 39.5. The van der Waals surface area contributed by atoms with E-state index >= 15 is 0 Å². The maximum atomic E-state index is 12.2. The Labute approximate surface area is 755 Å². The molecular weight excluding hydrogens is 1680 g/mol. The molecule has 694 valence electrons. The SMILES string of the molecule is CC[C@H]1O[C@@H](n2cnc3c(NC(=O)OC(C)(C)C)ncnc32)CC1O[Si](C)(C)C(C)(C)C.CC[C@H]1O[C@@H](n2cnc3c(NC(=O)OC(C)(C)C)ncnc32)CC1O[Si](C)(C)C(C)(C)C.CC[C@H]1O[C@@H](n2cnc3c(NCc4ccccc4)ncnc32)CC1O[Si](C)(C)C(C)(C)C.Cc1ccccc1.OC[C@H]1O[C@@H](n2cnc3c(NCc4ccccc4)ncnc32)CC1O. The molecule has 0 radical (unpaired) electrons. The fourth-order valence-electron chi connectivity index (χ4n) is 14.4. The van der Waals surface area contributed by atoms with Crippen molar-refractivity contribution in [3.8, 4) is 0 Å². The van der Waals surface area contributed by atoms with E-state index in [1.165, 1.54) is 30.1 Å². The summed E-state index contributed by atoms with van der Waals surface area (Å²) in [5, 5.41) is 31.6. The molecule has 0 saturated carbocycles. The summed E-state index contributed by atoms with van der Waals surface area (Å²) in [6, 6.07) is 30.5. The van der Waals surface area contributed by atoms with Gasteiger partial charge in [-0.1, -0.05) is 180 Å². The van der Waals surface area contributed by atoms with Gasteiger partial charge in [-0.15, -0.1) is 0 Å². The van der Waals surface area contributed by atoms with Gasteiger partial charge in [0.25, 0.3) is 0 Å². The fourth-order valence-corrected chi connectivity index (χ4v) is 18.5. The van der Waals surface area contributed by atoms with Gasteiger partial charge >= 0.3 is 12.2 Å². The number of benzene rings is 3. The van der Waals surface area contributed by atoms with Crippen LogP contribution in [0.1, 0.15) is 211 Å². The molecule has 0 aliphatic carbocycles. The van der Waals surface area contributed by atoms with Gasteiger partial charge in [0.05, 0.1) is 74.6 Å². The van der Waals surface area contributed by atoms with Gasteiger partial charge in [-0.3, -0.25) is 28.9 Å². The minimum absolute atomic E-state index is 0.00720. The van der Waals surface area contributed by atoms with E-state index in [1.807, 2.05) is 86.8 Å². The lowest BCUT2D eigenvalue weighted by Crippen LogP contribution is -2.45. The number of nitrogens with zero attached hydrogens (tertiary/aromatic N) is 16. The van der Waals surface area contributed by atoms with Crippen molar-refractivity contribution in [1.29, 1.82) is 0 Å². The van der Waals surface area contributed by atoms with Crippen LogP contribution in [-0.2, 0) is 54.8 Å². The number of nitrogens with one attached hydrogen (secondary N) is 4. The van der Waals surface area contributed by atoms with Crippen molar-refractivity contribution in [2.45, 2.75) is 329 Å². The van der Waals surface area contributed by atoms with Crippen LogP contribution in [0.2, 0.25) is 54.4 Å². The second-order valence-corrected chi connectivity index (χ2v) is 53.7. The molecule has 11 aromatic rings. The molecule has 2 amide bonds. The summed E-state index contributed by atoms with van der Waals surface area (Å²) in [6.45, 7) is 54.4. The van der Waals surface area contributed by atoms with Crippen molar-refractivity contribution >= 4 is 105 Å². The van der Waals surface area contributed by atoms with Crippen LogP contribution in [0.4, 0.5) is 32.9 Å². The van der Waals surface area contributed by atoms with E-state index in [-0.39, 0.29) is 77.0 Å². The highest BCUT2D eigenvalue weighted by Gasteiger charge is 2.49. The molecule has 3 aromatic carbocycles. The molecule has 4 aliphatic heterocycles. The summed E-state index contributed by atoms with van der Waals surface area (Å²) in [7, 11) is -5.76. The lowest BCUT2D eigenvalue weighted by molar-refractivity contribution is -0.0432. The maximum absolute atomic E-state index is 12.2. The van der Waals surface area contributed by atoms with Crippen LogP contribution in [0.25, 0.3) is 44.7 Å². The number of carbonyl (C=O) groups is 2. The Balaban J connectivity index is 0.000000161. The van der Waals surface area contributed by atoms with Gasteiger partial charge in [0.15, 0.2) is 92.9 Å². The number of imidazole rings is 4. The smallest absolute Gasteiger partial charge is 0.413 e. The molecule has 8 aromatic heterocycles. The lowest BCUT2D eigenvalue weighted by atomic mass is 10.1. The highest BCUT2D eigenvalue weighted by atomic mass is 28.4. The molecule has 12 atom stereocenters. The van der Waals surface area contributed by atoms with E-state index in [1.54, 1.807) is 71.4 Å². The number of ether oxygens (including phenoxy) is 6. The number of amides is 2. The Morgan fingerprint density at radius 2 is 0.672 bits per heavy atom. The first-order valence-electron chi connectivity index (χ1n) is 44.5. The third-order valence-corrected chi connectivity index (χ3v) is 37.9. The Morgan fingerprint density at radius 1 is 0.398 bits per heavy atom. The topological polar surface area (TPSA) is 380 Å². The van der Waals surface area contributed by atoms with Crippen molar-refractivity contribution in [3.05, 3.63) is 158 Å². The van der Waals surface area contributed by atoms with Gasteiger partial charge in [0.2, 0.25) is 0 Å². The lowest BCUT2D eigenvalue weighted by Gasteiger charge is -2.39. The zero-order valence-electron chi connectivity index (χ0n) is 79.3. The Kier molecular flexibility index (Phi) is 32.1. The first-order valence-corrected chi connectivity index (χ1v) is 53.2. The van der Waals surface area contributed by atoms with Crippen LogP contribution in [0, 0.1) is 6.92 Å². The highest BCUT2D eigenvalue weighted by molar-refractivity contribution is 6.75.